The Kier molecular flexibility index (Phi) is 7.36. The molecule has 154 valence electrons. The van der Waals surface area contributed by atoms with Gasteiger partial charge in [-0.1, -0.05) is 13.0 Å². The van der Waals surface area contributed by atoms with Crippen LogP contribution in [0.4, 0.5) is 5.69 Å². The van der Waals surface area contributed by atoms with E-state index < -0.39 is 23.9 Å². The van der Waals surface area contributed by atoms with E-state index in [4.69, 9.17) is 14.2 Å². The predicted molar refractivity (Wildman–Crippen MR) is 108 cm³/mol. The van der Waals surface area contributed by atoms with Gasteiger partial charge in [-0.15, -0.1) is 0 Å². The number of carbonyl (C=O) groups is 3. The van der Waals surface area contributed by atoms with Crippen LogP contribution in [0.5, 0.6) is 5.75 Å². The van der Waals surface area contributed by atoms with Gasteiger partial charge < -0.3 is 19.5 Å². The van der Waals surface area contributed by atoms with Crippen LogP contribution >= 0.6 is 0 Å². The van der Waals surface area contributed by atoms with Crippen molar-refractivity contribution in [2.45, 2.75) is 33.3 Å². The molecule has 1 atom stereocenters. The van der Waals surface area contributed by atoms with Crippen LogP contribution in [0.3, 0.4) is 0 Å². The Hall–Kier alpha value is -3.35. The summed E-state index contributed by atoms with van der Waals surface area (Å²) in [7, 11) is 2.49. The second-order valence-electron chi connectivity index (χ2n) is 6.49. The number of benzene rings is 2. The van der Waals surface area contributed by atoms with Gasteiger partial charge in [0.05, 0.1) is 31.0 Å². The third kappa shape index (κ3) is 5.34. The first-order valence-electron chi connectivity index (χ1n) is 9.16. The largest absolute Gasteiger partial charge is 0.481 e. The van der Waals surface area contributed by atoms with Crippen molar-refractivity contribution in [2.75, 3.05) is 19.5 Å². The molecule has 1 amide bonds. The van der Waals surface area contributed by atoms with Gasteiger partial charge in [0.2, 0.25) is 0 Å². The third-order valence-corrected chi connectivity index (χ3v) is 4.52. The minimum Gasteiger partial charge on any atom is -0.481 e. The van der Waals surface area contributed by atoms with Gasteiger partial charge in [0.15, 0.2) is 6.10 Å². The fraction of sp³-hybridized carbons (Fsp3) is 0.318. The molecule has 0 aromatic heterocycles. The predicted octanol–water partition coefficient (Wildman–Crippen LogP) is 3.67. The summed E-state index contributed by atoms with van der Waals surface area (Å²) < 4.78 is 15.3. The zero-order valence-corrected chi connectivity index (χ0v) is 17.2. The van der Waals surface area contributed by atoms with Gasteiger partial charge in [-0.3, -0.25) is 4.79 Å². The summed E-state index contributed by atoms with van der Waals surface area (Å²) in [5, 5.41) is 2.67. The number of anilines is 1. The van der Waals surface area contributed by atoms with Gasteiger partial charge in [0.1, 0.15) is 5.75 Å². The lowest BCUT2D eigenvalue weighted by atomic mass is 10.1. The van der Waals surface area contributed by atoms with Crippen LogP contribution in [-0.2, 0) is 14.3 Å². The molecule has 0 aliphatic carbocycles. The molecular formula is C22H25NO6. The summed E-state index contributed by atoms with van der Waals surface area (Å²) in [4.78, 5) is 36.7. The van der Waals surface area contributed by atoms with E-state index in [1.54, 1.807) is 6.07 Å². The van der Waals surface area contributed by atoms with Crippen LogP contribution in [0, 0.1) is 13.8 Å². The Balaban J connectivity index is 2.28. The van der Waals surface area contributed by atoms with Crippen molar-refractivity contribution in [1.29, 1.82) is 0 Å². The maximum atomic E-state index is 12.8. The minimum atomic E-state index is -0.788. The zero-order chi connectivity index (χ0) is 21.6. The maximum Gasteiger partial charge on any atom is 0.339 e. The number of rotatable bonds is 7. The van der Waals surface area contributed by atoms with E-state index in [2.05, 4.69) is 5.32 Å². The van der Waals surface area contributed by atoms with Crippen LogP contribution in [0.1, 0.15) is 45.2 Å². The highest BCUT2D eigenvalue weighted by Gasteiger charge is 2.23. The minimum absolute atomic E-state index is 0.120. The molecule has 1 N–H and O–H groups in total. The molecule has 2 aromatic rings. The van der Waals surface area contributed by atoms with Gasteiger partial charge in [-0.25, -0.2) is 9.59 Å². The molecule has 29 heavy (non-hydrogen) atoms. The Morgan fingerprint density at radius 1 is 0.931 bits per heavy atom. The maximum absolute atomic E-state index is 12.8. The molecule has 0 spiro atoms. The molecule has 0 bridgehead atoms. The smallest absolute Gasteiger partial charge is 0.339 e. The van der Waals surface area contributed by atoms with Gasteiger partial charge in [0.25, 0.3) is 5.91 Å². The van der Waals surface area contributed by atoms with Crippen molar-refractivity contribution in [3.63, 3.8) is 0 Å². The molecule has 7 nitrogen and oxygen atoms in total. The number of methoxy groups -OCH3 is 2. The fourth-order valence-corrected chi connectivity index (χ4v) is 2.67. The normalized spacial score (nSPS) is 11.3. The van der Waals surface area contributed by atoms with E-state index in [0.29, 0.717) is 12.2 Å². The van der Waals surface area contributed by atoms with Gasteiger partial charge in [-0.2, -0.15) is 0 Å². The molecule has 0 radical (unpaired) electrons. The number of esters is 2. The van der Waals surface area contributed by atoms with Crippen molar-refractivity contribution in [1.82, 2.24) is 0 Å². The van der Waals surface area contributed by atoms with E-state index in [9.17, 15) is 14.4 Å². The van der Waals surface area contributed by atoms with Crippen LogP contribution in [0.2, 0.25) is 0 Å². The molecule has 0 saturated heterocycles. The summed E-state index contributed by atoms with van der Waals surface area (Å²) in [5.74, 6) is -1.10. The average molecular weight is 399 g/mol. The lowest BCUT2D eigenvalue weighted by molar-refractivity contribution is -0.122. The third-order valence-electron chi connectivity index (χ3n) is 4.52. The molecule has 0 unspecified atom stereocenters. The summed E-state index contributed by atoms with van der Waals surface area (Å²) in [6, 6.07) is 9.79. The van der Waals surface area contributed by atoms with E-state index >= 15 is 0 Å². The molecule has 2 aromatic carbocycles. The summed E-state index contributed by atoms with van der Waals surface area (Å²) in [6.07, 6.45) is -0.382. The number of aryl methyl sites for hydroxylation is 2. The molecular weight excluding hydrogens is 374 g/mol. The Bertz CT molecular complexity index is 922. The SMILES string of the molecule is CC[C@@H](Oc1ccc(C)c(C)c1)C(=O)Nc1cc(C(=O)OC)ccc1C(=O)OC. The van der Waals surface area contributed by atoms with Gasteiger partial charge in [0, 0.05) is 0 Å². The lowest BCUT2D eigenvalue weighted by Gasteiger charge is -2.19. The van der Waals surface area contributed by atoms with Crippen LogP contribution in [-0.4, -0.2) is 38.2 Å². The van der Waals surface area contributed by atoms with Gasteiger partial charge in [-0.05, 0) is 61.7 Å². The number of nitrogens with one attached hydrogen (secondary N) is 1. The van der Waals surface area contributed by atoms with Crippen LogP contribution in [0.15, 0.2) is 36.4 Å². The number of hydrogen-bond donors (Lipinski definition) is 1. The number of hydrogen-bond acceptors (Lipinski definition) is 6. The van der Waals surface area contributed by atoms with Crippen LogP contribution < -0.4 is 10.1 Å². The number of carbonyl (C=O) groups excluding carboxylic acids is 3. The quantitative estimate of drug-likeness (QED) is 0.715. The zero-order valence-electron chi connectivity index (χ0n) is 17.2. The van der Waals surface area contributed by atoms with Crippen molar-refractivity contribution in [2.24, 2.45) is 0 Å². The van der Waals surface area contributed by atoms with E-state index in [-0.39, 0.29) is 16.8 Å². The van der Waals surface area contributed by atoms with Crippen molar-refractivity contribution in [3.05, 3.63) is 58.7 Å². The lowest BCUT2D eigenvalue weighted by Crippen LogP contribution is -2.33. The highest BCUT2D eigenvalue weighted by molar-refractivity contribution is 6.04. The first kappa shape index (κ1) is 21.9. The molecule has 0 aliphatic heterocycles. The van der Waals surface area contributed by atoms with E-state index in [0.717, 1.165) is 11.1 Å². The Labute approximate surface area is 170 Å². The highest BCUT2D eigenvalue weighted by atomic mass is 16.5. The molecule has 2 rings (SSSR count). The average Bonchev–Trinajstić information content (AvgIpc) is 2.73. The first-order valence-corrected chi connectivity index (χ1v) is 9.16. The second kappa shape index (κ2) is 9.73. The van der Waals surface area contributed by atoms with Crippen molar-refractivity contribution in [3.8, 4) is 5.75 Å². The standard InChI is InChI=1S/C22H25NO6/c1-6-19(29-16-9-7-13(2)14(3)11-16)20(24)23-18-12-15(21(25)27-4)8-10-17(18)22(26)28-5/h7-12,19H,6H2,1-5H3,(H,23,24)/t19-/m1/s1. The number of ether oxygens (including phenoxy) is 3. The fourth-order valence-electron chi connectivity index (χ4n) is 2.67. The van der Waals surface area contributed by atoms with E-state index in [1.807, 2.05) is 32.9 Å². The second-order valence-corrected chi connectivity index (χ2v) is 6.49. The molecule has 0 fully saturated rings. The molecule has 0 heterocycles. The molecule has 0 aliphatic rings. The topological polar surface area (TPSA) is 90.9 Å². The molecule has 0 saturated carbocycles. The van der Waals surface area contributed by atoms with Crippen molar-refractivity contribution < 1.29 is 28.6 Å². The summed E-state index contributed by atoms with van der Waals surface area (Å²) >= 11 is 0. The van der Waals surface area contributed by atoms with Gasteiger partial charge >= 0.3 is 11.9 Å². The van der Waals surface area contributed by atoms with Crippen LogP contribution in [0.25, 0.3) is 0 Å². The first-order chi connectivity index (χ1) is 13.8. The summed E-state index contributed by atoms with van der Waals surface area (Å²) in [6.45, 7) is 5.77. The summed E-state index contributed by atoms with van der Waals surface area (Å²) in [5.41, 5.74) is 2.63. The van der Waals surface area contributed by atoms with Crippen molar-refractivity contribution >= 4 is 23.5 Å². The number of amides is 1. The highest BCUT2D eigenvalue weighted by Crippen LogP contribution is 2.22. The van der Waals surface area contributed by atoms with E-state index in [1.165, 1.54) is 32.4 Å². The molecule has 7 heteroatoms. The monoisotopic (exact) mass is 399 g/mol. The Morgan fingerprint density at radius 3 is 2.21 bits per heavy atom. The Morgan fingerprint density at radius 2 is 1.62 bits per heavy atom.